The molecule has 0 saturated carbocycles. The Morgan fingerprint density at radius 3 is 2.93 bits per heavy atom. The van der Waals surface area contributed by atoms with E-state index in [4.69, 9.17) is 10.5 Å². The number of hydrogen-bond donors (Lipinski definition) is 2. The molecular weight excluding hydrogens is 178 g/mol. The summed E-state index contributed by atoms with van der Waals surface area (Å²) in [6.07, 6.45) is 1.75. The van der Waals surface area contributed by atoms with Crippen molar-refractivity contribution in [2.45, 2.75) is 18.9 Å². The maximum Gasteiger partial charge on any atom is 0.115 e. The first-order chi connectivity index (χ1) is 6.72. The third-order valence-corrected chi connectivity index (χ3v) is 2.10. The lowest BCUT2D eigenvalue weighted by molar-refractivity contribution is 0.177. The molecule has 3 nitrogen and oxygen atoms in total. The Labute approximate surface area is 84.5 Å². The number of hydrogen-bond acceptors (Lipinski definition) is 3. The zero-order valence-corrected chi connectivity index (χ0v) is 8.44. The van der Waals surface area contributed by atoms with E-state index in [1.165, 1.54) is 0 Å². The molecule has 14 heavy (non-hydrogen) atoms. The number of nitrogens with two attached hydrogens (primary N) is 1. The molecule has 3 N–H and O–H groups in total. The summed E-state index contributed by atoms with van der Waals surface area (Å²) in [7, 11) is 1.65. The molecule has 0 aliphatic carbocycles. The molecule has 1 unspecified atom stereocenters. The molecule has 78 valence electrons. The molecule has 0 heterocycles. The SMILES string of the molecule is COCC(N)CCc1cccc(O)c1. The minimum Gasteiger partial charge on any atom is -0.508 e. The second-order valence-electron chi connectivity index (χ2n) is 3.42. The van der Waals surface area contributed by atoms with Crippen LogP contribution in [0.25, 0.3) is 0 Å². The molecule has 1 aromatic carbocycles. The van der Waals surface area contributed by atoms with Crippen molar-refractivity contribution in [3.05, 3.63) is 29.8 Å². The number of aromatic hydroxyl groups is 1. The van der Waals surface area contributed by atoms with Crippen LogP contribution in [-0.4, -0.2) is 24.9 Å². The van der Waals surface area contributed by atoms with Gasteiger partial charge in [-0.3, -0.25) is 0 Å². The molecule has 0 saturated heterocycles. The summed E-state index contributed by atoms with van der Waals surface area (Å²) in [6, 6.07) is 7.33. The van der Waals surface area contributed by atoms with Crippen LogP contribution in [0.3, 0.4) is 0 Å². The zero-order valence-electron chi connectivity index (χ0n) is 8.44. The predicted octanol–water partition coefficient (Wildman–Crippen LogP) is 1.30. The van der Waals surface area contributed by atoms with E-state index in [1.807, 2.05) is 12.1 Å². The summed E-state index contributed by atoms with van der Waals surface area (Å²) in [6.45, 7) is 0.582. The van der Waals surface area contributed by atoms with Crippen molar-refractivity contribution in [3.63, 3.8) is 0 Å². The summed E-state index contributed by atoms with van der Waals surface area (Å²) < 4.78 is 4.94. The molecule has 0 aliphatic rings. The van der Waals surface area contributed by atoms with Gasteiger partial charge in [0.1, 0.15) is 5.75 Å². The molecule has 1 aromatic rings. The van der Waals surface area contributed by atoms with Gasteiger partial charge in [-0.05, 0) is 30.5 Å². The van der Waals surface area contributed by atoms with Gasteiger partial charge in [0.25, 0.3) is 0 Å². The molecule has 0 aromatic heterocycles. The van der Waals surface area contributed by atoms with Gasteiger partial charge in [-0.25, -0.2) is 0 Å². The van der Waals surface area contributed by atoms with Crippen LogP contribution in [-0.2, 0) is 11.2 Å². The van der Waals surface area contributed by atoms with Gasteiger partial charge < -0.3 is 15.6 Å². The van der Waals surface area contributed by atoms with Gasteiger partial charge in [-0.15, -0.1) is 0 Å². The number of benzene rings is 1. The van der Waals surface area contributed by atoms with Gasteiger partial charge in [0, 0.05) is 13.2 Å². The Balaban J connectivity index is 2.37. The standard InChI is InChI=1S/C11H17NO2/c1-14-8-10(12)6-5-9-3-2-4-11(13)7-9/h2-4,7,10,13H,5-6,8,12H2,1H3. The number of methoxy groups -OCH3 is 1. The predicted molar refractivity (Wildman–Crippen MR) is 56.3 cm³/mol. The van der Waals surface area contributed by atoms with Crippen LogP contribution in [0.5, 0.6) is 5.75 Å². The fourth-order valence-corrected chi connectivity index (χ4v) is 1.36. The molecule has 1 rings (SSSR count). The molecule has 0 fully saturated rings. The maximum absolute atomic E-state index is 9.23. The van der Waals surface area contributed by atoms with E-state index in [2.05, 4.69) is 0 Å². The molecule has 1 atom stereocenters. The Kier molecular flexibility index (Phi) is 4.43. The first-order valence-electron chi connectivity index (χ1n) is 4.75. The van der Waals surface area contributed by atoms with E-state index in [9.17, 15) is 5.11 Å². The van der Waals surface area contributed by atoms with Crippen LogP contribution in [0.2, 0.25) is 0 Å². The van der Waals surface area contributed by atoms with Crippen molar-refractivity contribution in [3.8, 4) is 5.75 Å². The lowest BCUT2D eigenvalue weighted by Crippen LogP contribution is -2.26. The average molecular weight is 195 g/mol. The van der Waals surface area contributed by atoms with Crippen molar-refractivity contribution < 1.29 is 9.84 Å². The van der Waals surface area contributed by atoms with Crippen LogP contribution < -0.4 is 5.73 Å². The second-order valence-corrected chi connectivity index (χ2v) is 3.42. The fraction of sp³-hybridized carbons (Fsp3) is 0.455. The third-order valence-electron chi connectivity index (χ3n) is 2.10. The smallest absolute Gasteiger partial charge is 0.115 e. The summed E-state index contributed by atoms with van der Waals surface area (Å²) in [5.74, 6) is 0.308. The Morgan fingerprint density at radius 2 is 2.29 bits per heavy atom. The molecule has 0 aliphatic heterocycles. The van der Waals surface area contributed by atoms with E-state index >= 15 is 0 Å². The zero-order chi connectivity index (χ0) is 10.4. The highest BCUT2D eigenvalue weighted by Gasteiger charge is 2.02. The van der Waals surface area contributed by atoms with Gasteiger partial charge in [0.2, 0.25) is 0 Å². The van der Waals surface area contributed by atoms with Crippen molar-refractivity contribution in [2.24, 2.45) is 5.73 Å². The number of phenolic OH excluding ortho intramolecular Hbond substituents is 1. The van der Waals surface area contributed by atoms with Crippen molar-refractivity contribution in [2.75, 3.05) is 13.7 Å². The molecular formula is C11H17NO2. The van der Waals surface area contributed by atoms with Crippen LogP contribution in [0.15, 0.2) is 24.3 Å². The first kappa shape index (κ1) is 11.0. The topological polar surface area (TPSA) is 55.5 Å². The lowest BCUT2D eigenvalue weighted by Gasteiger charge is -2.09. The monoisotopic (exact) mass is 195 g/mol. The van der Waals surface area contributed by atoms with Crippen molar-refractivity contribution >= 4 is 0 Å². The van der Waals surface area contributed by atoms with Crippen LogP contribution >= 0.6 is 0 Å². The molecule has 0 radical (unpaired) electrons. The molecule has 0 bridgehead atoms. The highest BCUT2D eigenvalue weighted by molar-refractivity contribution is 5.27. The number of rotatable bonds is 5. The fourth-order valence-electron chi connectivity index (χ4n) is 1.36. The minimum absolute atomic E-state index is 0.0716. The maximum atomic E-state index is 9.23. The summed E-state index contributed by atoms with van der Waals surface area (Å²) in [5, 5.41) is 9.23. The summed E-state index contributed by atoms with van der Waals surface area (Å²) in [5.41, 5.74) is 6.89. The molecule has 0 spiro atoms. The highest BCUT2D eigenvalue weighted by Crippen LogP contribution is 2.12. The average Bonchev–Trinajstić information content (AvgIpc) is 2.15. The Bertz CT molecular complexity index is 276. The number of aryl methyl sites for hydroxylation is 1. The number of ether oxygens (including phenoxy) is 1. The molecule has 0 amide bonds. The Hall–Kier alpha value is -1.06. The lowest BCUT2D eigenvalue weighted by atomic mass is 10.1. The summed E-state index contributed by atoms with van der Waals surface area (Å²) in [4.78, 5) is 0. The molecule has 3 heteroatoms. The Morgan fingerprint density at radius 1 is 1.50 bits per heavy atom. The summed E-state index contributed by atoms with van der Waals surface area (Å²) >= 11 is 0. The van der Waals surface area contributed by atoms with Crippen LogP contribution in [0.1, 0.15) is 12.0 Å². The normalized spacial score (nSPS) is 12.7. The van der Waals surface area contributed by atoms with Crippen molar-refractivity contribution in [1.82, 2.24) is 0 Å². The van der Waals surface area contributed by atoms with Gasteiger partial charge >= 0.3 is 0 Å². The van der Waals surface area contributed by atoms with Crippen LogP contribution in [0, 0.1) is 0 Å². The van der Waals surface area contributed by atoms with E-state index in [0.717, 1.165) is 18.4 Å². The largest absolute Gasteiger partial charge is 0.508 e. The third kappa shape index (κ3) is 3.77. The van der Waals surface area contributed by atoms with Gasteiger partial charge in [-0.1, -0.05) is 12.1 Å². The number of phenols is 1. The highest BCUT2D eigenvalue weighted by atomic mass is 16.5. The van der Waals surface area contributed by atoms with Gasteiger partial charge in [0.15, 0.2) is 0 Å². The quantitative estimate of drug-likeness (QED) is 0.744. The minimum atomic E-state index is 0.0716. The van der Waals surface area contributed by atoms with Crippen molar-refractivity contribution in [1.29, 1.82) is 0 Å². The van der Waals surface area contributed by atoms with Crippen LogP contribution in [0.4, 0.5) is 0 Å². The van der Waals surface area contributed by atoms with E-state index in [0.29, 0.717) is 12.4 Å². The van der Waals surface area contributed by atoms with E-state index in [1.54, 1.807) is 19.2 Å². The first-order valence-corrected chi connectivity index (χ1v) is 4.75. The second kappa shape index (κ2) is 5.62. The van der Waals surface area contributed by atoms with Gasteiger partial charge in [-0.2, -0.15) is 0 Å². The van der Waals surface area contributed by atoms with E-state index < -0.39 is 0 Å². The van der Waals surface area contributed by atoms with Gasteiger partial charge in [0.05, 0.1) is 6.61 Å². The van der Waals surface area contributed by atoms with E-state index in [-0.39, 0.29) is 6.04 Å².